The van der Waals surface area contributed by atoms with Crippen molar-refractivity contribution in [1.82, 2.24) is 19.5 Å². The minimum absolute atomic E-state index is 0.570. The van der Waals surface area contributed by atoms with Crippen LogP contribution in [0.2, 0.25) is 0 Å². The van der Waals surface area contributed by atoms with Gasteiger partial charge in [0.1, 0.15) is 22.3 Å². The lowest BCUT2D eigenvalue weighted by atomic mass is 9.99. The van der Waals surface area contributed by atoms with E-state index in [1.54, 1.807) is 0 Å². The van der Waals surface area contributed by atoms with Crippen LogP contribution in [0.5, 0.6) is 0 Å². The quantitative estimate of drug-likeness (QED) is 0.176. The van der Waals surface area contributed by atoms with Gasteiger partial charge in [0.15, 0.2) is 17.5 Å². The highest BCUT2D eigenvalue weighted by molar-refractivity contribution is 6.17. The van der Waals surface area contributed by atoms with Crippen molar-refractivity contribution in [3.8, 4) is 51.0 Å². The van der Waals surface area contributed by atoms with Crippen molar-refractivity contribution in [3.63, 3.8) is 0 Å². The maximum absolute atomic E-state index is 6.50. The van der Waals surface area contributed by atoms with Gasteiger partial charge in [0.05, 0.1) is 11.0 Å². The van der Waals surface area contributed by atoms with E-state index in [0.29, 0.717) is 17.5 Å². The first kappa shape index (κ1) is 31.5. The van der Waals surface area contributed by atoms with Crippen LogP contribution in [0.25, 0.3) is 117 Å². The summed E-state index contributed by atoms with van der Waals surface area (Å²) >= 11 is 0. The number of para-hydroxylation sites is 2. The van der Waals surface area contributed by atoms with Gasteiger partial charge in [-0.25, -0.2) is 15.0 Å². The molecule has 6 heteroatoms. The van der Waals surface area contributed by atoms with E-state index in [1.165, 1.54) is 0 Å². The molecule has 0 saturated carbocycles. The second-order valence-electron chi connectivity index (χ2n) is 14.4. The normalized spacial score (nSPS) is 11.9. The minimum atomic E-state index is 0.570. The van der Waals surface area contributed by atoms with E-state index in [-0.39, 0.29) is 0 Å². The lowest BCUT2D eigenvalue weighted by molar-refractivity contribution is 0.669. The number of fused-ring (bicyclic) bond motifs is 9. The Morgan fingerprint density at radius 3 is 1.77 bits per heavy atom. The smallest absolute Gasteiger partial charge is 0.164 e. The predicted molar refractivity (Wildman–Crippen MR) is 230 cm³/mol. The standard InChI is InChI=1S/C51H30N4O2/c1-3-13-31(14-4-1)36-21-12-24-45-48(36)39-26-25-34(28-46(39)57-45)51-53-49(32-15-5-2-6-16-32)52-50(54-51)33-17-11-18-35(27-33)55-42-22-9-7-19-37(42)40-30-47-41(29-43(40)55)38-20-8-10-23-44(38)56-47/h1-30H. The molecule has 57 heavy (non-hydrogen) atoms. The molecular formula is C51H30N4O2. The fourth-order valence-corrected chi connectivity index (χ4v) is 8.42. The molecule has 0 atom stereocenters. The summed E-state index contributed by atoms with van der Waals surface area (Å²) in [5.41, 5.74) is 11.5. The van der Waals surface area contributed by atoms with Crippen LogP contribution >= 0.6 is 0 Å². The first-order valence-corrected chi connectivity index (χ1v) is 19.0. The molecule has 0 saturated heterocycles. The summed E-state index contributed by atoms with van der Waals surface area (Å²) in [6.45, 7) is 0. The van der Waals surface area contributed by atoms with Crippen molar-refractivity contribution in [2.24, 2.45) is 0 Å². The molecule has 0 aliphatic carbocycles. The average molecular weight is 731 g/mol. The molecule has 12 rings (SSSR count). The Morgan fingerprint density at radius 2 is 0.947 bits per heavy atom. The van der Waals surface area contributed by atoms with E-state index in [1.807, 2.05) is 66.7 Å². The van der Waals surface area contributed by atoms with E-state index in [4.69, 9.17) is 23.8 Å². The van der Waals surface area contributed by atoms with Gasteiger partial charge in [-0.1, -0.05) is 127 Å². The van der Waals surface area contributed by atoms with Gasteiger partial charge in [-0.2, -0.15) is 0 Å². The third-order valence-electron chi connectivity index (χ3n) is 11.0. The molecule has 0 amide bonds. The Hall–Kier alpha value is -7.83. The molecule has 8 aromatic carbocycles. The number of rotatable bonds is 5. The molecule has 4 aromatic heterocycles. The summed E-state index contributed by atoms with van der Waals surface area (Å²) in [6.07, 6.45) is 0. The van der Waals surface area contributed by atoms with Crippen LogP contribution in [0.4, 0.5) is 0 Å². The van der Waals surface area contributed by atoms with E-state index >= 15 is 0 Å². The zero-order valence-corrected chi connectivity index (χ0v) is 30.4. The number of furan rings is 2. The van der Waals surface area contributed by atoms with Crippen molar-refractivity contribution in [2.45, 2.75) is 0 Å². The summed E-state index contributed by atoms with van der Waals surface area (Å²) in [4.78, 5) is 15.3. The minimum Gasteiger partial charge on any atom is -0.456 e. The number of benzene rings is 8. The van der Waals surface area contributed by atoms with Gasteiger partial charge in [-0.05, 0) is 65.7 Å². The third kappa shape index (κ3) is 5.01. The highest BCUT2D eigenvalue weighted by Gasteiger charge is 2.19. The molecule has 0 spiro atoms. The number of aromatic nitrogens is 4. The van der Waals surface area contributed by atoms with Crippen molar-refractivity contribution in [1.29, 1.82) is 0 Å². The molecule has 12 aromatic rings. The Labute approximate surface area is 325 Å². The maximum atomic E-state index is 6.50. The Morgan fingerprint density at radius 1 is 0.333 bits per heavy atom. The summed E-state index contributed by atoms with van der Waals surface area (Å²) in [7, 11) is 0. The molecular weight excluding hydrogens is 701 g/mol. The van der Waals surface area contributed by atoms with E-state index in [0.717, 1.165) is 99.2 Å². The van der Waals surface area contributed by atoms with Crippen LogP contribution in [0.1, 0.15) is 0 Å². The first-order valence-electron chi connectivity index (χ1n) is 19.0. The summed E-state index contributed by atoms with van der Waals surface area (Å²) in [5.74, 6) is 1.75. The van der Waals surface area contributed by atoms with Crippen molar-refractivity contribution >= 4 is 65.7 Å². The second kappa shape index (κ2) is 12.3. The fourth-order valence-electron chi connectivity index (χ4n) is 8.42. The van der Waals surface area contributed by atoms with Gasteiger partial charge in [-0.3, -0.25) is 0 Å². The van der Waals surface area contributed by atoms with Crippen LogP contribution in [-0.2, 0) is 0 Å². The SMILES string of the molecule is c1ccc(-c2nc(-c3cccc(-n4c5ccccc5c5cc6oc7ccccc7c6cc54)c3)nc(-c3ccc4c(c3)oc3cccc(-c5ccccc5)c34)n2)cc1. The monoisotopic (exact) mass is 730 g/mol. The Balaban J connectivity index is 1.03. The number of hydrogen-bond acceptors (Lipinski definition) is 5. The molecule has 0 aliphatic heterocycles. The average Bonchev–Trinajstić information content (AvgIpc) is 3.95. The summed E-state index contributed by atoms with van der Waals surface area (Å²) < 4.78 is 15.1. The zero-order valence-electron chi connectivity index (χ0n) is 30.4. The largest absolute Gasteiger partial charge is 0.456 e. The molecule has 0 radical (unpaired) electrons. The lowest BCUT2D eigenvalue weighted by Crippen LogP contribution is -2.01. The van der Waals surface area contributed by atoms with Gasteiger partial charge in [0, 0.05) is 54.7 Å². The van der Waals surface area contributed by atoms with Crippen LogP contribution in [0.3, 0.4) is 0 Å². The van der Waals surface area contributed by atoms with Crippen LogP contribution in [0, 0.1) is 0 Å². The van der Waals surface area contributed by atoms with Gasteiger partial charge in [0.2, 0.25) is 0 Å². The number of nitrogens with zero attached hydrogens (tertiary/aromatic N) is 4. The third-order valence-corrected chi connectivity index (χ3v) is 11.0. The number of hydrogen-bond donors (Lipinski definition) is 0. The predicted octanol–water partition coefficient (Wildman–Crippen LogP) is 13.4. The van der Waals surface area contributed by atoms with Crippen LogP contribution in [0.15, 0.2) is 191 Å². The summed E-state index contributed by atoms with van der Waals surface area (Å²) in [5, 5.41) is 6.62. The van der Waals surface area contributed by atoms with Crippen LogP contribution in [-0.4, -0.2) is 19.5 Å². The fraction of sp³-hybridized carbons (Fsp3) is 0. The molecule has 0 aliphatic rings. The Kier molecular flexibility index (Phi) is 6.83. The molecule has 0 bridgehead atoms. The highest BCUT2D eigenvalue weighted by atomic mass is 16.3. The molecule has 6 nitrogen and oxygen atoms in total. The van der Waals surface area contributed by atoms with Crippen LogP contribution < -0.4 is 0 Å². The van der Waals surface area contributed by atoms with Gasteiger partial charge in [-0.15, -0.1) is 0 Å². The molecule has 4 heterocycles. The van der Waals surface area contributed by atoms with Gasteiger partial charge < -0.3 is 13.4 Å². The molecule has 266 valence electrons. The first-order chi connectivity index (χ1) is 28.2. The molecule has 0 fully saturated rings. The zero-order chi connectivity index (χ0) is 37.5. The molecule has 0 unspecified atom stereocenters. The van der Waals surface area contributed by atoms with Crippen molar-refractivity contribution in [3.05, 3.63) is 182 Å². The highest BCUT2D eigenvalue weighted by Crippen LogP contribution is 2.40. The summed E-state index contributed by atoms with van der Waals surface area (Å²) in [6, 6.07) is 62.7. The van der Waals surface area contributed by atoms with E-state index < -0.39 is 0 Å². The van der Waals surface area contributed by atoms with E-state index in [2.05, 4.69) is 120 Å². The maximum Gasteiger partial charge on any atom is 0.164 e. The van der Waals surface area contributed by atoms with Crippen molar-refractivity contribution < 1.29 is 8.83 Å². The topological polar surface area (TPSA) is 69.9 Å². The Bertz CT molecular complexity index is 3530. The van der Waals surface area contributed by atoms with Crippen molar-refractivity contribution in [2.75, 3.05) is 0 Å². The van der Waals surface area contributed by atoms with E-state index in [9.17, 15) is 0 Å². The second-order valence-corrected chi connectivity index (χ2v) is 14.4. The molecule has 0 N–H and O–H groups in total. The lowest BCUT2D eigenvalue weighted by Gasteiger charge is -2.11. The van der Waals surface area contributed by atoms with Gasteiger partial charge in [0.25, 0.3) is 0 Å². The van der Waals surface area contributed by atoms with Gasteiger partial charge >= 0.3 is 0 Å².